The molecular formula is C6H7FN4. The molecule has 0 saturated heterocycles. The molecule has 5 heteroatoms. The summed E-state index contributed by atoms with van der Waals surface area (Å²) < 4.78 is 13.8. The van der Waals surface area contributed by atoms with Gasteiger partial charge in [-0.3, -0.25) is 0 Å². The molecule has 0 aromatic carbocycles. The molecule has 1 aromatic heterocycles. The summed E-state index contributed by atoms with van der Waals surface area (Å²) in [7, 11) is 0. The van der Waals surface area contributed by atoms with Gasteiger partial charge in [-0.25, -0.2) is 4.68 Å². The lowest BCUT2D eigenvalue weighted by molar-refractivity contribution is 0.570. The van der Waals surface area contributed by atoms with Crippen LogP contribution in [0.4, 0.5) is 4.39 Å². The van der Waals surface area contributed by atoms with Gasteiger partial charge in [0.25, 0.3) is 5.95 Å². The van der Waals surface area contributed by atoms with E-state index >= 15 is 0 Å². The smallest absolute Gasteiger partial charge is 0.232 e. The van der Waals surface area contributed by atoms with Crippen LogP contribution in [0.1, 0.15) is 19.0 Å². The summed E-state index contributed by atoms with van der Waals surface area (Å²) >= 11 is 0. The second-order valence-electron chi connectivity index (χ2n) is 2.06. The van der Waals surface area contributed by atoms with Crippen LogP contribution in [0, 0.1) is 17.3 Å². The second-order valence-corrected chi connectivity index (χ2v) is 2.06. The van der Waals surface area contributed by atoms with Crippen molar-refractivity contribution in [2.45, 2.75) is 19.9 Å². The third-order valence-electron chi connectivity index (χ3n) is 1.24. The molecule has 0 saturated carbocycles. The summed E-state index contributed by atoms with van der Waals surface area (Å²) in [5.74, 6) is -0.791. The zero-order valence-corrected chi connectivity index (χ0v) is 6.08. The largest absolute Gasteiger partial charge is 0.270 e. The van der Waals surface area contributed by atoms with Crippen molar-refractivity contribution >= 4 is 0 Å². The summed E-state index contributed by atoms with van der Waals surface area (Å²) in [4.78, 5) is 0. The molecule has 0 amide bonds. The van der Waals surface area contributed by atoms with Crippen molar-refractivity contribution in [3.8, 4) is 6.07 Å². The highest BCUT2D eigenvalue weighted by molar-refractivity contribution is 5.16. The Kier molecular flexibility index (Phi) is 2.16. The van der Waals surface area contributed by atoms with Crippen LogP contribution in [0.15, 0.2) is 0 Å². The van der Waals surface area contributed by atoms with Gasteiger partial charge in [0.1, 0.15) is 6.07 Å². The summed E-state index contributed by atoms with van der Waals surface area (Å²) in [6.07, 6.45) is 0.803. The molecule has 0 bridgehead atoms. The van der Waals surface area contributed by atoms with Crippen LogP contribution in [0.3, 0.4) is 0 Å². The maximum atomic E-state index is 12.5. The Labute approximate surface area is 63.2 Å². The van der Waals surface area contributed by atoms with Crippen LogP contribution in [-0.2, 0) is 6.54 Å². The molecule has 0 unspecified atom stereocenters. The maximum absolute atomic E-state index is 12.5. The van der Waals surface area contributed by atoms with Crippen molar-refractivity contribution in [2.24, 2.45) is 0 Å². The number of aryl methyl sites for hydroxylation is 1. The van der Waals surface area contributed by atoms with Crippen LogP contribution in [0.5, 0.6) is 0 Å². The molecule has 0 atom stereocenters. The molecule has 1 heterocycles. The van der Waals surface area contributed by atoms with E-state index in [1.54, 1.807) is 6.07 Å². The van der Waals surface area contributed by atoms with Crippen LogP contribution >= 0.6 is 0 Å². The molecule has 0 aliphatic heterocycles. The van der Waals surface area contributed by atoms with Crippen LogP contribution in [0.25, 0.3) is 0 Å². The van der Waals surface area contributed by atoms with Crippen molar-refractivity contribution in [3.05, 3.63) is 11.6 Å². The molecule has 0 N–H and O–H groups in total. The minimum atomic E-state index is -0.791. The highest BCUT2D eigenvalue weighted by atomic mass is 19.1. The standard InChI is InChI=1S/C6H7FN4/c1-2-3-11-5(4-8)6(7)9-10-11/h2-3H2,1H3. The summed E-state index contributed by atoms with van der Waals surface area (Å²) in [6, 6.07) is 1.69. The van der Waals surface area contributed by atoms with E-state index in [9.17, 15) is 4.39 Å². The average molecular weight is 154 g/mol. The van der Waals surface area contributed by atoms with Gasteiger partial charge >= 0.3 is 0 Å². The fourth-order valence-electron chi connectivity index (χ4n) is 0.764. The first-order chi connectivity index (χ1) is 5.29. The lowest BCUT2D eigenvalue weighted by atomic mass is 10.4. The number of hydrogen-bond acceptors (Lipinski definition) is 3. The number of nitriles is 1. The SMILES string of the molecule is CCCn1nnc(F)c1C#N. The van der Waals surface area contributed by atoms with E-state index in [-0.39, 0.29) is 5.69 Å². The zero-order chi connectivity index (χ0) is 8.27. The van der Waals surface area contributed by atoms with Gasteiger partial charge in [0.2, 0.25) is 0 Å². The van der Waals surface area contributed by atoms with Crippen molar-refractivity contribution in [1.82, 2.24) is 15.0 Å². The fourth-order valence-corrected chi connectivity index (χ4v) is 0.764. The van der Waals surface area contributed by atoms with Gasteiger partial charge in [-0.2, -0.15) is 9.65 Å². The summed E-state index contributed by atoms with van der Waals surface area (Å²) in [5.41, 5.74) is -0.0909. The number of hydrogen-bond donors (Lipinski definition) is 0. The lowest BCUT2D eigenvalue weighted by Crippen LogP contribution is -2.02. The lowest BCUT2D eigenvalue weighted by Gasteiger charge is -1.94. The summed E-state index contributed by atoms with van der Waals surface area (Å²) in [5, 5.41) is 15.0. The van der Waals surface area contributed by atoms with Crippen molar-refractivity contribution in [1.29, 1.82) is 5.26 Å². The Morgan fingerprint density at radius 1 is 1.73 bits per heavy atom. The number of nitrogens with zero attached hydrogens (tertiary/aromatic N) is 4. The van der Waals surface area contributed by atoms with E-state index < -0.39 is 5.95 Å². The highest BCUT2D eigenvalue weighted by Gasteiger charge is 2.09. The predicted molar refractivity (Wildman–Crippen MR) is 35.0 cm³/mol. The first-order valence-electron chi connectivity index (χ1n) is 3.28. The first kappa shape index (κ1) is 7.66. The minimum Gasteiger partial charge on any atom is -0.232 e. The molecule has 11 heavy (non-hydrogen) atoms. The third-order valence-corrected chi connectivity index (χ3v) is 1.24. The van der Waals surface area contributed by atoms with Gasteiger partial charge in [0, 0.05) is 6.54 Å². The maximum Gasteiger partial charge on any atom is 0.270 e. The molecule has 0 radical (unpaired) electrons. The molecule has 0 aliphatic rings. The average Bonchev–Trinajstić information content (AvgIpc) is 2.33. The Balaban J connectivity index is 2.98. The monoisotopic (exact) mass is 154 g/mol. The fraction of sp³-hybridized carbons (Fsp3) is 0.500. The van der Waals surface area contributed by atoms with E-state index in [0.717, 1.165) is 6.42 Å². The van der Waals surface area contributed by atoms with Gasteiger partial charge in [-0.1, -0.05) is 17.2 Å². The number of aromatic nitrogens is 3. The Bertz CT molecular complexity index is 285. The minimum absolute atomic E-state index is 0.0909. The Hall–Kier alpha value is -1.44. The Morgan fingerprint density at radius 2 is 2.45 bits per heavy atom. The molecule has 4 nitrogen and oxygen atoms in total. The van der Waals surface area contributed by atoms with E-state index in [4.69, 9.17) is 5.26 Å². The normalized spacial score (nSPS) is 9.55. The second kappa shape index (κ2) is 3.10. The van der Waals surface area contributed by atoms with Gasteiger partial charge in [0.15, 0.2) is 5.69 Å². The first-order valence-corrected chi connectivity index (χ1v) is 3.28. The molecule has 0 aliphatic carbocycles. The topological polar surface area (TPSA) is 54.5 Å². The molecule has 0 spiro atoms. The van der Waals surface area contributed by atoms with Crippen LogP contribution < -0.4 is 0 Å². The zero-order valence-electron chi connectivity index (χ0n) is 6.08. The molecule has 0 fully saturated rings. The summed E-state index contributed by atoms with van der Waals surface area (Å²) in [6.45, 7) is 2.44. The number of halogens is 1. The quantitative estimate of drug-likeness (QED) is 0.630. The van der Waals surface area contributed by atoms with Gasteiger partial charge in [-0.05, 0) is 6.42 Å². The predicted octanol–water partition coefficient (Wildman–Crippen LogP) is 0.699. The van der Waals surface area contributed by atoms with E-state index in [2.05, 4.69) is 10.3 Å². The number of rotatable bonds is 2. The third kappa shape index (κ3) is 1.34. The van der Waals surface area contributed by atoms with Crippen LogP contribution in [-0.4, -0.2) is 15.0 Å². The van der Waals surface area contributed by atoms with Crippen molar-refractivity contribution in [2.75, 3.05) is 0 Å². The molecule has 1 aromatic rings. The van der Waals surface area contributed by atoms with Crippen molar-refractivity contribution < 1.29 is 4.39 Å². The van der Waals surface area contributed by atoms with Crippen LogP contribution in [0.2, 0.25) is 0 Å². The highest BCUT2D eigenvalue weighted by Crippen LogP contribution is 2.01. The van der Waals surface area contributed by atoms with Gasteiger partial charge < -0.3 is 0 Å². The van der Waals surface area contributed by atoms with E-state index in [1.807, 2.05) is 6.92 Å². The molecule has 58 valence electrons. The van der Waals surface area contributed by atoms with Crippen molar-refractivity contribution in [3.63, 3.8) is 0 Å². The van der Waals surface area contributed by atoms with E-state index in [1.165, 1.54) is 4.68 Å². The Morgan fingerprint density at radius 3 is 3.00 bits per heavy atom. The van der Waals surface area contributed by atoms with E-state index in [0.29, 0.717) is 6.54 Å². The van der Waals surface area contributed by atoms with Gasteiger partial charge in [-0.15, -0.1) is 0 Å². The molecule has 1 rings (SSSR count). The molecular weight excluding hydrogens is 147 g/mol. The van der Waals surface area contributed by atoms with Gasteiger partial charge in [0.05, 0.1) is 0 Å².